The highest BCUT2D eigenvalue weighted by Crippen LogP contribution is 2.34. The molecule has 0 spiro atoms. The zero-order valence-corrected chi connectivity index (χ0v) is 18.9. The average molecular weight is 462 g/mol. The summed E-state index contributed by atoms with van der Waals surface area (Å²) in [5.41, 5.74) is 7.49. The number of carbonyl (C=O) groups excluding carboxylic acids is 1. The van der Waals surface area contributed by atoms with Crippen molar-refractivity contribution in [2.45, 2.75) is 39.2 Å². The quantitative estimate of drug-likeness (QED) is 0.390. The number of nitrogens with two attached hydrogens (primary N) is 1. The number of hydrogen-bond donors (Lipinski definition) is 3. The number of carbonyl (C=O) groups is 1. The van der Waals surface area contributed by atoms with Gasteiger partial charge in [0.2, 0.25) is 0 Å². The SMILES string of the molecule is CC(C)(C)c1cc(NC(=O)Nc2ccc(-c3cn(CCC#N)c4ncnc(N)c34)cc2F)no1. The van der Waals surface area contributed by atoms with E-state index in [-0.39, 0.29) is 29.2 Å². The standard InChI is InChI=1S/C23H23FN8O2/c1-23(2,3)17-10-18(31-34-17)30-22(33)29-16-6-5-13(9-15(16)24)14-11-32(8-4-7-25)21-19(14)20(26)27-12-28-21/h5-6,9-12H,4,8H2,1-3H3,(H2,26,27,28)(H2,29,30,31,33). The highest BCUT2D eigenvalue weighted by molar-refractivity contribution is 6.02. The van der Waals surface area contributed by atoms with Crippen molar-refractivity contribution in [3.63, 3.8) is 0 Å². The van der Waals surface area contributed by atoms with Gasteiger partial charge in [-0.05, 0) is 17.7 Å². The minimum atomic E-state index is -0.661. The summed E-state index contributed by atoms with van der Waals surface area (Å²) < 4.78 is 21.9. The number of urea groups is 1. The number of anilines is 3. The lowest BCUT2D eigenvalue weighted by molar-refractivity contribution is 0.261. The number of nitrogens with one attached hydrogen (secondary N) is 2. The lowest BCUT2D eigenvalue weighted by atomic mass is 9.93. The zero-order chi connectivity index (χ0) is 24.5. The number of amides is 2. The van der Waals surface area contributed by atoms with E-state index in [0.717, 1.165) is 0 Å². The van der Waals surface area contributed by atoms with Crippen LogP contribution in [0, 0.1) is 17.1 Å². The Labute approximate surface area is 194 Å². The fraction of sp³-hybridized carbons (Fsp3) is 0.261. The van der Waals surface area contributed by atoms with E-state index in [1.54, 1.807) is 22.9 Å². The number of nitriles is 1. The van der Waals surface area contributed by atoms with Gasteiger partial charge in [-0.2, -0.15) is 5.26 Å². The number of fused-ring (bicyclic) bond motifs is 1. The number of benzene rings is 1. The van der Waals surface area contributed by atoms with Crippen molar-refractivity contribution >= 4 is 34.4 Å². The van der Waals surface area contributed by atoms with Gasteiger partial charge in [-0.1, -0.05) is 32.0 Å². The second-order valence-electron chi connectivity index (χ2n) is 8.70. The Kier molecular flexibility index (Phi) is 5.89. The number of nitrogens with zero attached hydrogens (tertiary/aromatic N) is 5. The predicted molar refractivity (Wildman–Crippen MR) is 125 cm³/mol. The first-order chi connectivity index (χ1) is 16.2. The summed E-state index contributed by atoms with van der Waals surface area (Å²) in [5, 5.41) is 18.3. The van der Waals surface area contributed by atoms with E-state index in [2.05, 4.69) is 31.8 Å². The second-order valence-corrected chi connectivity index (χ2v) is 8.70. The van der Waals surface area contributed by atoms with Crippen LogP contribution in [0.4, 0.5) is 26.5 Å². The normalized spacial score (nSPS) is 11.4. The Morgan fingerprint density at radius 2 is 2.06 bits per heavy atom. The smallest absolute Gasteiger partial charge is 0.325 e. The number of halogens is 1. The largest absolute Gasteiger partial charge is 0.383 e. The van der Waals surface area contributed by atoms with E-state index >= 15 is 0 Å². The van der Waals surface area contributed by atoms with Crippen LogP contribution in [-0.2, 0) is 12.0 Å². The summed E-state index contributed by atoms with van der Waals surface area (Å²) in [6.07, 6.45) is 3.39. The number of hydrogen-bond acceptors (Lipinski definition) is 7. The Balaban J connectivity index is 1.57. The van der Waals surface area contributed by atoms with Gasteiger partial charge in [-0.15, -0.1) is 0 Å². The van der Waals surface area contributed by atoms with Crippen molar-refractivity contribution in [1.29, 1.82) is 5.26 Å². The van der Waals surface area contributed by atoms with Crippen molar-refractivity contribution in [3.8, 4) is 17.2 Å². The number of rotatable bonds is 5. The van der Waals surface area contributed by atoms with Gasteiger partial charge < -0.3 is 20.1 Å². The van der Waals surface area contributed by atoms with Gasteiger partial charge in [0.1, 0.15) is 29.4 Å². The van der Waals surface area contributed by atoms with Gasteiger partial charge in [0.15, 0.2) is 5.82 Å². The van der Waals surface area contributed by atoms with Crippen LogP contribution in [-0.4, -0.2) is 25.7 Å². The van der Waals surface area contributed by atoms with Gasteiger partial charge in [-0.25, -0.2) is 19.2 Å². The minimum absolute atomic E-state index is 0.0155. The molecule has 0 radical (unpaired) electrons. The molecule has 3 heterocycles. The Morgan fingerprint density at radius 1 is 1.26 bits per heavy atom. The van der Waals surface area contributed by atoms with Crippen molar-refractivity contribution in [2.75, 3.05) is 16.4 Å². The Bertz CT molecular complexity index is 1410. The molecule has 0 aliphatic rings. The summed E-state index contributed by atoms with van der Waals surface area (Å²) in [7, 11) is 0. The molecule has 1 aromatic carbocycles. The molecule has 34 heavy (non-hydrogen) atoms. The molecule has 0 unspecified atom stereocenters. The molecule has 2 amide bonds. The fourth-order valence-corrected chi connectivity index (χ4v) is 3.45. The molecule has 0 saturated heterocycles. The lowest BCUT2D eigenvalue weighted by Crippen LogP contribution is -2.20. The molecule has 0 atom stereocenters. The van der Waals surface area contributed by atoms with Crippen LogP contribution in [0.5, 0.6) is 0 Å². The monoisotopic (exact) mass is 462 g/mol. The van der Waals surface area contributed by atoms with Crippen LogP contribution in [0.25, 0.3) is 22.2 Å². The van der Waals surface area contributed by atoms with E-state index in [9.17, 15) is 9.18 Å². The summed E-state index contributed by atoms with van der Waals surface area (Å²) >= 11 is 0. The molecule has 4 rings (SSSR count). The summed E-state index contributed by atoms with van der Waals surface area (Å²) in [6, 6.07) is 7.45. The van der Waals surface area contributed by atoms with Crippen molar-refractivity contribution in [2.24, 2.45) is 0 Å². The summed E-state index contributed by atoms with van der Waals surface area (Å²) in [5.74, 6) is 0.437. The molecule has 4 aromatic rings. The first-order valence-corrected chi connectivity index (χ1v) is 10.5. The van der Waals surface area contributed by atoms with Gasteiger partial charge >= 0.3 is 6.03 Å². The van der Waals surface area contributed by atoms with Gasteiger partial charge in [0.25, 0.3) is 0 Å². The summed E-state index contributed by atoms with van der Waals surface area (Å²) in [6.45, 7) is 6.27. The maximum absolute atomic E-state index is 14.9. The first kappa shape index (κ1) is 22.7. The topological polar surface area (TPSA) is 148 Å². The predicted octanol–water partition coefficient (Wildman–Crippen LogP) is 4.66. The van der Waals surface area contributed by atoms with E-state index in [1.165, 1.54) is 18.5 Å². The van der Waals surface area contributed by atoms with Gasteiger partial charge in [0, 0.05) is 29.8 Å². The molecular formula is C23H23FN8O2. The molecule has 0 saturated carbocycles. The number of aromatic nitrogens is 4. The molecule has 0 aliphatic carbocycles. The maximum atomic E-state index is 14.9. The Morgan fingerprint density at radius 3 is 2.74 bits per heavy atom. The van der Waals surface area contributed by atoms with Gasteiger partial charge in [-0.3, -0.25) is 5.32 Å². The van der Waals surface area contributed by atoms with Crippen LogP contribution in [0.3, 0.4) is 0 Å². The van der Waals surface area contributed by atoms with Gasteiger partial charge in [0.05, 0.1) is 23.6 Å². The molecule has 0 fully saturated rings. The van der Waals surface area contributed by atoms with Crippen LogP contribution < -0.4 is 16.4 Å². The van der Waals surface area contributed by atoms with Crippen molar-refractivity contribution in [3.05, 3.63) is 48.4 Å². The highest BCUT2D eigenvalue weighted by Gasteiger charge is 2.21. The average Bonchev–Trinajstić information content (AvgIpc) is 3.39. The van der Waals surface area contributed by atoms with Crippen molar-refractivity contribution < 1.29 is 13.7 Å². The fourth-order valence-electron chi connectivity index (χ4n) is 3.45. The zero-order valence-electron chi connectivity index (χ0n) is 18.9. The van der Waals surface area contributed by atoms with E-state index in [1.807, 2.05) is 20.8 Å². The molecule has 0 bridgehead atoms. The van der Waals surface area contributed by atoms with Crippen molar-refractivity contribution in [1.82, 2.24) is 19.7 Å². The molecule has 0 aliphatic heterocycles. The van der Waals surface area contributed by atoms with E-state index in [4.69, 9.17) is 15.5 Å². The third kappa shape index (κ3) is 4.52. The molecule has 10 nitrogen and oxygen atoms in total. The van der Waals surface area contributed by atoms with Crippen LogP contribution in [0.2, 0.25) is 0 Å². The number of nitrogen functional groups attached to an aromatic ring is 1. The Hall–Kier alpha value is -4.46. The third-order valence-corrected chi connectivity index (χ3v) is 5.17. The molecule has 11 heteroatoms. The highest BCUT2D eigenvalue weighted by atomic mass is 19.1. The molecule has 3 aromatic heterocycles. The first-order valence-electron chi connectivity index (χ1n) is 10.5. The minimum Gasteiger partial charge on any atom is -0.383 e. The second kappa shape index (κ2) is 8.82. The molecular weight excluding hydrogens is 439 g/mol. The molecule has 174 valence electrons. The van der Waals surface area contributed by atoms with E-state index < -0.39 is 11.8 Å². The van der Waals surface area contributed by atoms with Crippen LogP contribution in [0.1, 0.15) is 33.0 Å². The number of aryl methyl sites for hydroxylation is 1. The lowest BCUT2D eigenvalue weighted by Gasteiger charge is -2.12. The van der Waals surface area contributed by atoms with E-state index in [0.29, 0.717) is 34.5 Å². The molecule has 4 N–H and O–H groups in total. The summed E-state index contributed by atoms with van der Waals surface area (Å²) in [4.78, 5) is 20.6. The maximum Gasteiger partial charge on any atom is 0.325 e. The third-order valence-electron chi connectivity index (χ3n) is 5.17. The van der Waals surface area contributed by atoms with Crippen LogP contribution >= 0.6 is 0 Å². The van der Waals surface area contributed by atoms with Crippen LogP contribution in [0.15, 0.2) is 41.3 Å².